The molecular formula is C16H15ClN4. The lowest BCUT2D eigenvalue weighted by Crippen LogP contribution is -2.03. The maximum atomic E-state index is 6.30. The molecule has 0 amide bonds. The predicted octanol–water partition coefficient (Wildman–Crippen LogP) is 3.99. The summed E-state index contributed by atoms with van der Waals surface area (Å²) in [6, 6.07) is 11.9. The molecule has 0 aliphatic heterocycles. The van der Waals surface area contributed by atoms with E-state index >= 15 is 0 Å². The summed E-state index contributed by atoms with van der Waals surface area (Å²) in [5.74, 6) is 0.601. The van der Waals surface area contributed by atoms with Crippen molar-refractivity contribution in [2.75, 3.05) is 0 Å². The topological polar surface area (TPSA) is 43.6 Å². The predicted molar refractivity (Wildman–Crippen MR) is 84.1 cm³/mol. The zero-order chi connectivity index (χ0) is 14.8. The fourth-order valence-corrected chi connectivity index (χ4v) is 2.43. The van der Waals surface area contributed by atoms with Crippen molar-refractivity contribution in [2.24, 2.45) is 0 Å². The second kappa shape index (κ2) is 5.66. The largest absolute Gasteiger partial charge is 0.262 e. The van der Waals surface area contributed by atoms with Gasteiger partial charge < -0.3 is 0 Å². The lowest BCUT2D eigenvalue weighted by Gasteiger charge is -2.10. The van der Waals surface area contributed by atoms with Gasteiger partial charge in [-0.25, -0.2) is 9.97 Å². The molecule has 21 heavy (non-hydrogen) atoms. The monoisotopic (exact) mass is 298 g/mol. The van der Waals surface area contributed by atoms with Crippen LogP contribution in [-0.2, 0) is 6.54 Å². The summed E-state index contributed by atoms with van der Waals surface area (Å²) in [5, 5.41) is 4.73. The summed E-state index contributed by atoms with van der Waals surface area (Å²) >= 11 is 6.30. The Bertz CT molecular complexity index is 765. The van der Waals surface area contributed by atoms with Crippen LogP contribution in [0.1, 0.15) is 12.5 Å². The number of aromatic nitrogens is 4. The summed E-state index contributed by atoms with van der Waals surface area (Å²) in [4.78, 5) is 9.10. The van der Waals surface area contributed by atoms with Crippen LogP contribution in [0, 0.1) is 6.92 Å². The van der Waals surface area contributed by atoms with Crippen LogP contribution in [0.25, 0.3) is 22.8 Å². The van der Waals surface area contributed by atoms with Gasteiger partial charge >= 0.3 is 0 Å². The van der Waals surface area contributed by atoms with E-state index in [0.717, 1.165) is 29.1 Å². The van der Waals surface area contributed by atoms with Crippen LogP contribution < -0.4 is 0 Å². The van der Waals surface area contributed by atoms with Crippen LogP contribution in [0.4, 0.5) is 0 Å². The van der Waals surface area contributed by atoms with Gasteiger partial charge in [-0.05, 0) is 19.9 Å². The normalized spacial score (nSPS) is 10.8. The first-order chi connectivity index (χ1) is 10.2. The molecule has 0 saturated carbocycles. The lowest BCUT2D eigenvalue weighted by molar-refractivity contribution is 0.664. The molecule has 0 spiro atoms. The van der Waals surface area contributed by atoms with Gasteiger partial charge in [0.25, 0.3) is 0 Å². The maximum absolute atomic E-state index is 6.30. The number of rotatable bonds is 3. The van der Waals surface area contributed by atoms with E-state index in [4.69, 9.17) is 16.6 Å². The SMILES string of the molecule is CCn1nccc1-c1nc(Cl)c(C)c(-c2ccccc2)n1. The second-order valence-electron chi connectivity index (χ2n) is 4.71. The number of aryl methyl sites for hydroxylation is 1. The minimum atomic E-state index is 0.475. The maximum Gasteiger partial charge on any atom is 0.179 e. The van der Waals surface area contributed by atoms with E-state index < -0.39 is 0 Å². The van der Waals surface area contributed by atoms with E-state index in [1.165, 1.54) is 0 Å². The van der Waals surface area contributed by atoms with E-state index in [1.807, 2.05) is 54.9 Å². The molecule has 0 unspecified atom stereocenters. The number of halogens is 1. The molecule has 2 aromatic heterocycles. The lowest BCUT2D eigenvalue weighted by atomic mass is 10.1. The van der Waals surface area contributed by atoms with Gasteiger partial charge in [-0.15, -0.1) is 0 Å². The smallest absolute Gasteiger partial charge is 0.179 e. The Hall–Kier alpha value is -2.20. The van der Waals surface area contributed by atoms with Gasteiger partial charge in [-0.3, -0.25) is 4.68 Å². The van der Waals surface area contributed by atoms with Gasteiger partial charge in [0.2, 0.25) is 0 Å². The third-order valence-electron chi connectivity index (χ3n) is 3.38. The van der Waals surface area contributed by atoms with Crippen molar-refractivity contribution >= 4 is 11.6 Å². The molecule has 0 N–H and O–H groups in total. The summed E-state index contributed by atoms with van der Waals surface area (Å²) in [5.41, 5.74) is 3.64. The molecule has 5 heteroatoms. The number of benzene rings is 1. The summed E-state index contributed by atoms with van der Waals surface area (Å²) in [6.45, 7) is 4.73. The molecule has 3 rings (SSSR count). The van der Waals surface area contributed by atoms with Crippen LogP contribution in [0.2, 0.25) is 5.15 Å². The molecular weight excluding hydrogens is 284 g/mol. The van der Waals surface area contributed by atoms with Crippen molar-refractivity contribution in [1.29, 1.82) is 0 Å². The average molecular weight is 299 g/mol. The Kier molecular flexibility index (Phi) is 3.71. The first-order valence-corrected chi connectivity index (χ1v) is 7.20. The van der Waals surface area contributed by atoms with E-state index in [1.54, 1.807) is 6.20 Å². The van der Waals surface area contributed by atoms with Crippen molar-refractivity contribution in [2.45, 2.75) is 20.4 Å². The molecule has 4 nitrogen and oxygen atoms in total. The molecule has 0 fully saturated rings. The first kappa shape index (κ1) is 13.8. The summed E-state index contributed by atoms with van der Waals surface area (Å²) in [7, 11) is 0. The van der Waals surface area contributed by atoms with Gasteiger partial charge in [-0.2, -0.15) is 5.10 Å². The third kappa shape index (κ3) is 2.54. The van der Waals surface area contributed by atoms with E-state index in [-0.39, 0.29) is 0 Å². The Morgan fingerprint density at radius 1 is 1.10 bits per heavy atom. The van der Waals surface area contributed by atoms with Crippen molar-refractivity contribution in [3.63, 3.8) is 0 Å². The Morgan fingerprint density at radius 2 is 1.86 bits per heavy atom. The van der Waals surface area contributed by atoms with Crippen LogP contribution in [-0.4, -0.2) is 19.7 Å². The number of hydrogen-bond acceptors (Lipinski definition) is 3. The molecule has 0 saturated heterocycles. The van der Waals surface area contributed by atoms with Crippen LogP contribution in [0.5, 0.6) is 0 Å². The molecule has 0 bridgehead atoms. The highest BCUT2D eigenvalue weighted by molar-refractivity contribution is 6.30. The van der Waals surface area contributed by atoms with Gasteiger partial charge in [-0.1, -0.05) is 41.9 Å². The van der Waals surface area contributed by atoms with Crippen molar-refractivity contribution in [1.82, 2.24) is 19.7 Å². The zero-order valence-corrected chi connectivity index (χ0v) is 12.7. The molecule has 3 aromatic rings. The van der Waals surface area contributed by atoms with E-state index in [9.17, 15) is 0 Å². The molecule has 0 aliphatic rings. The minimum absolute atomic E-state index is 0.475. The molecule has 0 atom stereocenters. The highest BCUT2D eigenvalue weighted by atomic mass is 35.5. The van der Waals surface area contributed by atoms with Gasteiger partial charge in [0.1, 0.15) is 10.8 Å². The van der Waals surface area contributed by atoms with Crippen LogP contribution in [0.15, 0.2) is 42.6 Å². The molecule has 0 radical (unpaired) electrons. The fourth-order valence-electron chi connectivity index (χ4n) is 2.26. The quantitative estimate of drug-likeness (QED) is 0.687. The molecule has 2 heterocycles. The third-order valence-corrected chi connectivity index (χ3v) is 3.75. The van der Waals surface area contributed by atoms with Gasteiger partial charge in [0.15, 0.2) is 5.82 Å². The Labute approximate surface area is 128 Å². The molecule has 0 aliphatic carbocycles. The minimum Gasteiger partial charge on any atom is -0.262 e. The van der Waals surface area contributed by atoms with Gasteiger partial charge in [0.05, 0.1) is 5.69 Å². The summed E-state index contributed by atoms with van der Waals surface area (Å²) in [6.07, 6.45) is 1.75. The average Bonchev–Trinajstić information content (AvgIpc) is 2.99. The second-order valence-corrected chi connectivity index (χ2v) is 5.07. The van der Waals surface area contributed by atoms with Crippen molar-refractivity contribution < 1.29 is 0 Å². The van der Waals surface area contributed by atoms with Crippen molar-refractivity contribution in [3.8, 4) is 22.8 Å². The molecule has 106 valence electrons. The number of hydrogen-bond donors (Lipinski definition) is 0. The highest BCUT2D eigenvalue weighted by Crippen LogP contribution is 2.28. The van der Waals surface area contributed by atoms with E-state index in [0.29, 0.717) is 11.0 Å². The van der Waals surface area contributed by atoms with E-state index in [2.05, 4.69) is 10.1 Å². The van der Waals surface area contributed by atoms with Crippen LogP contribution >= 0.6 is 11.6 Å². The highest BCUT2D eigenvalue weighted by Gasteiger charge is 2.14. The van der Waals surface area contributed by atoms with Crippen LogP contribution in [0.3, 0.4) is 0 Å². The Morgan fingerprint density at radius 3 is 2.57 bits per heavy atom. The zero-order valence-electron chi connectivity index (χ0n) is 11.9. The summed E-state index contributed by atoms with van der Waals surface area (Å²) < 4.78 is 1.86. The van der Waals surface area contributed by atoms with Crippen molar-refractivity contribution in [3.05, 3.63) is 53.3 Å². The fraction of sp³-hybridized carbons (Fsp3) is 0.188. The Balaban J connectivity index is 2.19. The standard InChI is InChI=1S/C16H15ClN4/c1-3-21-13(9-10-18-21)16-19-14(11(2)15(17)20-16)12-7-5-4-6-8-12/h4-10H,3H2,1-2H3. The van der Waals surface area contributed by atoms with Gasteiger partial charge in [0, 0.05) is 23.9 Å². The first-order valence-electron chi connectivity index (χ1n) is 6.82. The molecule has 1 aromatic carbocycles. The number of nitrogens with zero attached hydrogens (tertiary/aromatic N) is 4.